The molecule has 18 heavy (non-hydrogen) atoms. The quantitative estimate of drug-likeness (QED) is 0.669. The Bertz CT molecular complexity index is 441. The third-order valence-corrected chi connectivity index (χ3v) is 1.86. The van der Waals surface area contributed by atoms with E-state index >= 15 is 0 Å². The Morgan fingerprint density at radius 1 is 1.33 bits per heavy atom. The minimum atomic E-state index is -3.00. The zero-order chi connectivity index (χ0) is 13.9. The molecule has 0 unspecified atom stereocenters. The van der Waals surface area contributed by atoms with Crippen LogP contribution in [0.4, 0.5) is 14.5 Å². The number of alkyl halides is 2. The van der Waals surface area contributed by atoms with Gasteiger partial charge in [-0.15, -0.1) is 0 Å². The molecule has 0 amide bonds. The second kappa shape index (κ2) is 5.20. The van der Waals surface area contributed by atoms with Crippen molar-refractivity contribution >= 4 is 11.7 Å². The number of carbonyl (C=O) groups excluding carboxylic acids is 1. The SMILES string of the molecule is CC(C)(C)OC(=O)c1ccc(N)c(OC(F)F)c1. The molecule has 0 saturated heterocycles. The maximum atomic E-state index is 12.1. The number of ether oxygens (including phenoxy) is 2. The summed E-state index contributed by atoms with van der Waals surface area (Å²) in [6.07, 6.45) is 0. The molecule has 0 aliphatic carbocycles. The summed E-state index contributed by atoms with van der Waals surface area (Å²) in [4.78, 5) is 11.7. The second-order valence-corrected chi connectivity index (χ2v) is 4.63. The summed E-state index contributed by atoms with van der Waals surface area (Å²) >= 11 is 0. The van der Waals surface area contributed by atoms with Gasteiger partial charge in [0.15, 0.2) is 0 Å². The van der Waals surface area contributed by atoms with Gasteiger partial charge in [0.1, 0.15) is 11.4 Å². The molecule has 0 spiro atoms. The molecule has 1 rings (SSSR count). The highest BCUT2D eigenvalue weighted by Crippen LogP contribution is 2.25. The highest BCUT2D eigenvalue weighted by atomic mass is 19.3. The Hall–Kier alpha value is -1.85. The first-order chi connectivity index (χ1) is 8.19. The topological polar surface area (TPSA) is 61.5 Å². The van der Waals surface area contributed by atoms with Crippen molar-refractivity contribution in [3.05, 3.63) is 23.8 Å². The molecule has 0 atom stereocenters. The standard InChI is InChI=1S/C12H15F2NO3/c1-12(2,3)18-10(16)7-4-5-8(15)9(6-7)17-11(13)14/h4-6,11H,15H2,1-3H3. The maximum absolute atomic E-state index is 12.1. The zero-order valence-corrected chi connectivity index (χ0v) is 10.4. The van der Waals surface area contributed by atoms with E-state index in [0.29, 0.717) is 0 Å². The average molecular weight is 259 g/mol. The van der Waals surface area contributed by atoms with Crippen LogP contribution < -0.4 is 10.5 Å². The Balaban J connectivity index is 2.94. The van der Waals surface area contributed by atoms with Crippen LogP contribution in [0.2, 0.25) is 0 Å². The Kier molecular flexibility index (Phi) is 4.11. The van der Waals surface area contributed by atoms with E-state index in [9.17, 15) is 13.6 Å². The molecule has 0 aliphatic rings. The van der Waals surface area contributed by atoms with E-state index in [4.69, 9.17) is 10.5 Å². The van der Waals surface area contributed by atoms with Gasteiger partial charge in [0, 0.05) is 0 Å². The monoisotopic (exact) mass is 259 g/mol. The van der Waals surface area contributed by atoms with Crippen LogP contribution in [0.25, 0.3) is 0 Å². The van der Waals surface area contributed by atoms with Crippen LogP contribution in [-0.2, 0) is 4.74 Å². The number of hydrogen-bond acceptors (Lipinski definition) is 4. The second-order valence-electron chi connectivity index (χ2n) is 4.63. The van der Waals surface area contributed by atoms with Crippen molar-refractivity contribution in [2.75, 3.05) is 5.73 Å². The van der Waals surface area contributed by atoms with Crippen molar-refractivity contribution < 1.29 is 23.0 Å². The Morgan fingerprint density at radius 2 is 1.94 bits per heavy atom. The molecule has 0 fully saturated rings. The van der Waals surface area contributed by atoms with Crippen LogP contribution in [-0.4, -0.2) is 18.2 Å². The fourth-order valence-corrected chi connectivity index (χ4v) is 1.20. The van der Waals surface area contributed by atoms with Gasteiger partial charge >= 0.3 is 12.6 Å². The van der Waals surface area contributed by atoms with Gasteiger partial charge in [-0.05, 0) is 39.0 Å². The lowest BCUT2D eigenvalue weighted by molar-refractivity contribution is -0.0495. The van der Waals surface area contributed by atoms with Crippen LogP contribution in [0.3, 0.4) is 0 Å². The van der Waals surface area contributed by atoms with Gasteiger partial charge in [-0.2, -0.15) is 8.78 Å². The van der Waals surface area contributed by atoms with Crippen LogP contribution in [0.1, 0.15) is 31.1 Å². The van der Waals surface area contributed by atoms with Crippen molar-refractivity contribution in [2.24, 2.45) is 0 Å². The Labute approximate surface area is 104 Å². The highest BCUT2D eigenvalue weighted by Gasteiger charge is 2.19. The van der Waals surface area contributed by atoms with Gasteiger partial charge in [-0.1, -0.05) is 0 Å². The number of esters is 1. The molecule has 1 aromatic rings. The molecule has 0 saturated carbocycles. The van der Waals surface area contributed by atoms with Crippen molar-refractivity contribution in [3.63, 3.8) is 0 Å². The number of carbonyl (C=O) groups is 1. The summed E-state index contributed by atoms with van der Waals surface area (Å²) in [6, 6.07) is 3.84. The fourth-order valence-electron chi connectivity index (χ4n) is 1.20. The zero-order valence-electron chi connectivity index (χ0n) is 10.4. The summed E-state index contributed by atoms with van der Waals surface area (Å²) in [7, 11) is 0. The molecule has 2 N–H and O–H groups in total. The number of rotatable bonds is 3. The lowest BCUT2D eigenvalue weighted by Gasteiger charge is -2.19. The number of anilines is 1. The molecule has 100 valence electrons. The third-order valence-electron chi connectivity index (χ3n) is 1.86. The first-order valence-corrected chi connectivity index (χ1v) is 5.27. The summed E-state index contributed by atoms with van der Waals surface area (Å²) in [6.45, 7) is 2.12. The van der Waals surface area contributed by atoms with Gasteiger partial charge in [0.2, 0.25) is 0 Å². The smallest absolute Gasteiger partial charge is 0.387 e. The van der Waals surface area contributed by atoms with E-state index in [1.54, 1.807) is 20.8 Å². The maximum Gasteiger partial charge on any atom is 0.387 e. The largest absolute Gasteiger partial charge is 0.456 e. The molecule has 0 radical (unpaired) electrons. The van der Waals surface area contributed by atoms with Crippen molar-refractivity contribution in [1.29, 1.82) is 0 Å². The molecule has 0 heterocycles. The summed E-state index contributed by atoms with van der Waals surface area (Å²) in [5.74, 6) is -0.866. The molecular weight excluding hydrogens is 244 g/mol. The molecule has 4 nitrogen and oxygen atoms in total. The van der Waals surface area contributed by atoms with Crippen LogP contribution in [0, 0.1) is 0 Å². The van der Waals surface area contributed by atoms with Gasteiger partial charge in [0.25, 0.3) is 0 Å². The van der Waals surface area contributed by atoms with Crippen molar-refractivity contribution in [1.82, 2.24) is 0 Å². The number of hydrogen-bond donors (Lipinski definition) is 1. The number of nitrogen functional groups attached to an aromatic ring is 1. The molecule has 0 aliphatic heterocycles. The molecule has 1 aromatic carbocycles. The molecular formula is C12H15F2NO3. The predicted octanol–water partition coefficient (Wildman–Crippen LogP) is 2.83. The lowest BCUT2D eigenvalue weighted by Crippen LogP contribution is -2.24. The number of nitrogens with two attached hydrogens (primary N) is 1. The average Bonchev–Trinajstić information content (AvgIpc) is 2.17. The van der Waals surface area contributed by atoms with Gasteiger partial charge in [-0.3, -0.25) is 0 Å². The van der Waals surface area contributed by atoms with Gasteiger partial charge in [-0.25, -0.2) is 4.79 Å². The minimum Gasteiger partial charge on any atom is -0.456 e. The minimum absolute atomic E-state index is 0.0302. The normalized spacial score (nSPS) is 11.4. The number of benzene rings is 1. The van der Waals surface area contributed by atoms with E-state index in [0.717, 1.165) is 6.07 Å². The van der Waals surface area contributed by atoms with E-state index in [-0.39, 0.29) is 17.0 Å². The van der Waals surface area contributed by atoms with Crippen LogP contribution in [0.15, 0.2) is 18.2 Å². The van der Waals surface area contributed by atoms with E-state index < -0.39 is 18.2 Å². The van der Waals surface area contributed by atoms with E-state index in [2.05, 4.69) is 4.74 Å². The van der Waals surface area contributed by atoms with Crippen molar-refractivity contribution in [2.45, 2.75) is 33.0 Å². The molecule has 0 aromatic heterocycles. The van der Waals surface area contributed by atoms with Crippen LogP contribution >= 0.6 is 0 Å². The van der Waals surface area contributed by atoms with Crippen molar-refractivity contribution in [3.8, 4) is 5.75 Å². The van der Waals surface area contributed by atoms with Gasteiger partial charge in [0.05, 0.1) is 11.3 Å². The first-order valence-electron chi connectivity index (χ1n) is 5.27. The summed E-state index contributed by atoms with van der Waals surface area (Å²) in [5.41, 5.74) is 4.93. The fraction of sp³-hybridized carbons (Fsp3) is 0.417. The first kappa shape index (κ1) is 14.2. The predicted molar refractivity (Wildman–Crippen MR) is 62.7 cm³/mol. The summed E-state index contributed by atoms with van der Waals surface area (Å²) in [5, 5.41) is 0. The van der Waals surface area contributed by atoms with E-state index in [1.807, 2.05) is 0 Å². The molecule has 6 heteroatoms. The van der Waals surface area contributed by atoms with Crippen LogP contribution in [0.5, 0.6) is 5.75 Å². The number of halogens is 2. The van der Waals surface area contributed by atoms with Gasteiger partial charge < -0.3 is 15.2 Å². The van der Waals surface area contributed by atoms with E-state index in [1.165, 1.54) is 12.1 Å². The summed E-state index contributed by atoms with van der Waals surface area (Å²) < 4.78 is 33.5. The Morgan fingerprint density at radius 3 is 2.44 bits per heavy atom. The third kappa shape index (κ3) is 4.20. The molecule has 0 bridgehead atoms. The highest BCUT2D eigenvalue weighted by molar-refractivity contribution is 5.91. The lowest BCUT2D eigenvalue weighted by atomic mass is 10.1.